The molecule has 6 heteroatoms. The second kappa shape index (κ2) is 5.12. The summed E-state index contributed by atoms with van der Waals surface area (Å²) in [4.78, 5) is 0. The third-order valence-electron chi connectivity index (χ3n) is 3.55. The lowest BCUT2D eigenvalue weighted by Crippen LogP contribution is -2.52. The van der Waals surface area contributed by atoms with E-state index >= 15 is 0 Å². The topological polar surface area (TPSA) is 76.0 Å². The van der Waals surface area contributed by atoms with Gasteiger partial charge in [-0.3, -0.25) is 0 Å². The van der Waals surface area contributed by atoms with Crippen LogP contribution in [-0.2, 0) is 4.65 Å². The van der Waals surface area contributed by atoms with Gasteiger partial charge >= 0.3 is 7.12 Å². The Bertz CT molecular complexity index is 550. The largest absolute Gasteiger partial charge is 0.529 e. The van der Waals surface area contributed by atoms with Crippen molar-refractivity contribution in [3.05, 3.63) is 30.7 Å². The summed E-state index contributed by atoms with van der Waals surface area (Å²) < 4.78 is 16.0. The van der Waals surface area contributed by atoms with Crippen LogP contribution in [0.25, 0.3) is 11.3 Å². The molecule has 0 fully saturated rings. The monoisotopic (exact) mass is 278 g/mol. The molecule has 0 atom stereocenters. The lowest BCUT2D eigenvalue weighted by molar-refractivity contribution is -0.0986. The van der Waals surface area contributed by atoms with Crippen molar-refractivity contribution >= 4 is 12.8 Å². The molecule has 0 saturated carbocycles. The molecule has 0 spiro atoms. The fourth-order valence-electron chi connectivity index (χ4n) is 1.54. The molecule has 0 aliphatic carbocycles. The number of rotatable bonds is 5. The van der Waals surface area contributed by atoms with Gasteiger partial charge in [0, 0.05) is 0 Å². The van der Waals surface area contributed by atoms with Crippen LogP contribution < -0.4 is 5.66 Å². The van der Waals surface area contributed by atoms with Crippen molar-refractivity contribution in [2.75, 3.05) is 0 Å². The van der Waals surface area contributed by atoms with Crippen molar-refractivity contribution in [3.63, 3.8) is 0 Å². The minimum atomic E-state index is -1.26. The maximum atomic E-state index is 10.1. The van der Waals surface area contributed by atoms with Crippen LogP contribution in [0.5, 0.6) is 0 Å². The first-order chi connectivity index (χ1) is 9.21. The lowest BCUT2D eigenvalue weighted by Gasteiger charge is -2.38. The summed E-state index contributed by atoms with van der Waals surface area (Å²) in [7, 11) is -1.26. The Morgan fingerprint density at radius 2 is 1.90 bits per heavy atom. The Kier molecular flexibility index (Phi) is 3.82. The van der Waals surface area contributed by atoms with Crippen molar-refractivity contribution < 1.29 is 23.6 Å². The molecule has 0 bridgehead atoms. The van der Waals surface area contributed by atoms with Crippen LogP contribution in [0, 0.1) is 0 Å². The van der Waals surface area contributed by atoms with E-state index in [-0.39, 0.29) is 5.66 Å². The van der Waals surface area contributed by atoms with Gasteiger partial charge in [-0.1, -0.05) is 0 Å². The van der Waals surface area contributed by atoms with Gasteiger partial charge in [-0.05, 0) is 45.9 Å². The highest BCUT2D eigenvalue weighted by Crippen LogP contribution is 2.26. The predicted octanol–water partition coefficient (Wildman–Crippen LogP) is 1.79. The van der Waals surface area contributed by atoms with Gasteiger partial charge in [-0.15, -0.1) is 0 Å². The first-order valence-electron chi connectivity index (χ1n) is 6.41. The number of hydrogen-bond acceptors (Lipinski definition) is 5. The lowest BCUT2D eigenvalue weighted by atomic mass is 9.81. The molecule has 2 heterocycles. The molecule has 2 aromatic rings. The van der Waals surface area contributed by atoms with Gasteiger partial charge in [0.2, 0.25) is 0 Å². The van der Waals surface area contributed by atoms with Crippen LogP contribution >= 0.6 is 0 Å². The van der Waals surface area contributed by atoms with Crippen LogP contribution in [0.3, 0.4) is 0 Å². The Labute approximate surface area is 118 Å². The van der Waals surface area contributed by atoms with Gasteiger partial charge in [0.15, 0.2) is 0 Å². The molecule has 2 aromatic heterocycles. The average molecular weight is 278 g/mol. The van der Waals surface area contributed by atoms with E-state index in [1.54, 1.807) is 52.2 Å². The highest BCUT2D eigenvalue weighted by atomic mass is 16.6. The van der Waals surface area contributed by atoms with Gasteiger partial charge in [0.25, 0.3) is 0 Å². The van der Waals surface area contributed by atoms with E-state index in [4.69, 9.17) is 13.5 Å². The van der Waals surface area contributed by atoms with E-state index < -0.39 is 18.3 Å². The summed E-state index contributed by atoms with van der Waals surface area (Å²) in [5.41, 5.74) is -1.07. The van der Waals surface area contributed by atoms with Crippen LogP contribution in [0.1, 0.15) is 27.7 Å². The third-order valence-corrected chi connectivity index (χ3v) is 3.55. The molecule has 2 rings (SSSR count). The summed E-state index contributed by atoms with van der Waals surface area (Å²) in [6.07, 6.45) is 3.05. The predicted molar refractivity (Wildman–Crippen MR) is 75.5 cm³/mol. The summed E-state index contributed by atoms with van der Waals surface area (Å²) in [6, 6.07) is 5.21. The fraction of sp³-hybridized carbons (Fsp3) is 0.429. The standard InChI is InChI=1S/C14H19BO5/c1-13(2,16)14(3,4)20-15(17)12-8-10(9-19-12)11-6-5-7-18-11/h5-9,16-17H,1-4H3. The fourth-order valence-corrected chi connectivity index (χ4v) is 1.54. The van der Waals surface area contributed by atoms with Gasteiger partial charge in [0.05, 0.1) is 23.0 Å². The molecule has 20 heavy (non-hydrogen) atoms. The smallest absolute Gasteiger partial charge is 0.472 e. The van der Waals surface area contributed by atoms with Crippen molar-refractivity contribution in [3.8, 4) is 11.3 Å². The Hall–Kier alpha value is -1.50. The Morgan fingerprint density at radius 1 is 1.20 bits per heavy atom. The van der Waals surface area contributed by atoms with E-state index in [9.17, 15) is 10.1 Å². The van der Waals surface area contributed by atoms with Crippen molar-refractivity contribution in [1.29, 1.82) is 0 Å². The SMILES string of the molecule is CC(C)(O)C(C)(C)OB(O)c1cc(-c2ccco2)co1. The minimum Gasteiger partial charge on any atom is -0.472 e. The maximum absolute atomic E-state index is 10.1. The van der Waals surface area contributed by atoms with Gasteiger partial charge < -0.3 is 23.6 Å². The molecule has 0 aliphatic rings. The van der Waals surface area contributed by atoms with E-state index in [1.165, 1.54) is 6.26 Å². The van der Waals surface area contributed by atoms with Gasteiger partial charge in [0.1, 0.15) is 17.7 Å². The number of furan rings is 2. The molecule has 0 aromatic carbocycles. The minimum absolute atomic E-state index is 0.258. The van der Waals surface area contributed by atoms with Gasteiger partial charge in [-0.2, -0.15) is 0 Å². The van der Waals surface area contributed by atoms with Crippen LogP contribution in [0.2, 0.25) is 0 Å². The molecule has 0 radical (unpaired) electrons. The third kappa shape index (κ3) is 2.98. The second-order valence-electron chi connectivity index (χ2n) is 5.75. The molecule has 0 unspecified atom stereocenters. The highest BCUT2D eigenvalue weighted by Gasteiger charge is 2.40. The highest BCUT2D eigenvalue weighted by molar-refractivity contribution is 6.58. The summed E-state index contributed by atoms with van der Waals surface area (Å²) in [5, 5.41) is 20.1. The molecule has 108 valence electrons. The van der Waals surface area contributed by atoms with Gasteiger partial charge in [-0.25, -0.2) is 0 Å². The number of aliphatic hydroxyl groups is 1. The molecule has 2 N–H and O–H groups in total. The summed E-state index contributed by atoms with van der Waals surface area (Å²) in [5.74, 6) is 0.647. The van der Waals surface area contributed by atoms with Crippen molar-refractivity contribution in [1.82, 2.24) is 0 Å². The molecule has 0 amide bonds. The quantitative estimate of drug-likeness (QED) is 0.815. The first kappa shape index (κ1) is 14.9. The zero-order chi connectivity index (χ0) is 15.0. The molecular weight excluding hydrogens is 259 g/mol. The zero-order valence-corrected chi connectivity index (χ0v) is 12.1. The maximum Gasteiger partial charge on any atom is 0.529 e. The molecule has 5 nitrogen and oxygen atoms in total. The first-order valence-corrected chi connectivity index (χ1v) is 6.41. The average Bonchev–Trinajstić information content (AvgIpc) is 2.98. The van der Waals surface area contributed by atoms with Crippen LogP contribution in [0.4, 0.5) is 0 Å². The van der Waals surface area contributed by atoms with E-state index in [2.05, 4.69) is 0 Å². The molecule has 0 aliphatic heterocycles. The van der Waals surface area contributed by atoms with E-state index in [1.807, 2.05) is 0 Å². The van der Waals surface area contributed by atoms with Crippen molar-refractivity contribution in [2.24, 2.45) is 0 Å². The Balaban J connectivity index is 2.13. The Morgan fingerprint density at radius 3 is 2.45 bits per heavy atom. The summed E-state index contributed by atoms with van der Waals surface area (Å²) in [6.45, 7) is 6.64. The summed E-state index contributed by atoms with van der Waals surface area (Å²) >= 11 is 0. The number of hydrogen-bond donors (Lipinski definition) is 2. The van der Waals surface area contributed by atoms with Crippen LogP contribution in [0.15, 0.2) is 39.6 Å². The van der Waals surface area contributed by atoms with Crippen LogP contribution in [-0.4, -0.2) is 28.5 Å². The van der Waals surface area contributed by atoms with E-state index in [0.29, 0.717) is 11.3 Å². The van der Waals surface area contributed by atoms with Crippen molar-refractivity contribution in [2.45, 2.75) is 38.9 Å². The molecular formula is C14H19BO5. The van der Waals surface area contributed by atoms with E-state index in [0.717, 1.165) is 0 Å². The molecule has 0 saturated heterocycles. The zero-order valence-electron chi connectivity index (χ0n) is 12.1. The normalized spacial score (nSPS) is 12.7. The second-order valence-corrected chi connectivity index (χ2v) is 5.75.